The Hall–Kier alpha value is -3.44. The molecule has 12 nitrogen and oxygen atoms in total. The van der Waals surface area contributed by atoms with E-state index in [9.17, 15) is 28.8 Å². The minimum atomic E-state index is -1.07. The molecule has 0 aromatic carbocycles. The van der Waals surface area contributed by atoms with E-state index in [1.54, 1.807) is 62.3 Å². The zero-order chi connectivity index (χ0) is 36.4. The van der Waals surface area contributed by atoms with Crippen LogP contribution in [0.3, 0.4) is 0 Å². The molecule has 1 saturated carbocycles. The molecule has 1 saturated heterocycles. The van der Waals surface area contributed by atoms with Crippen molar-refractivity contribution in [2.45, 2.75) is 126 Å². The van der Waals surface area contributed by atoms with Gasteiger partial charge in [-0.2, -0.15) is 0 Å². The van der Waals surface area contributed by atoms with Gasteiger partial charge in [-0.1, -0.05) is 75.3 Å². The molecule has 0 spiro atoms. The second-order valence-electron chi connectivity index (χ2n) is 17.2. The van der Waals surface area contributed by atoms with Gasteiger partial charge in [0.1, 0.15) is 23.7 Å². The van der Waals surface area contributed by atoms with E-state index >= 15 is 0 Å². The van der Waals surface area contributed by atoms with Crippen molar-refractivity contribution in [1.29, 1.82) is 0 Å². The summed E-state index contributed by atoms with van der Waals surface area (Å²) >= 11 is 0. The SMILES string of the molecule is C=CCNC(=O)C(=O)C(CC(C)C)NC(=O)[C@@H]1[C@@H]2[C@H](CN1C(=O)[C@@H](NC(=O)N[C@H](C(=O)OC(C)(C)C)C(C)(C)C)C(C)(C)C)C2(C)C. The number of ketones is 1. The fourth-order valence-electron chi connectivity index (χ4n) is 6.29. The molecule has 2 fully saturated rings. The van der Waals surface area contributed by atoms with Crippen LogP contribution in [0.2, 0.25) is 0 Å². The third kappa shape index (κ3) is 10.0. The number of Topliss-reactive ketones (excluding diaryl/α,β-unsaturated/α-hetero) is 1. The Bertz CT molecular complexity index is 1240. The Morgan fingerprint density at radius 1 is 0.894 bits per heavy atom. The lowest BCUT2D eigenvalue weighted by Gasteiger charge is -2.38. The van der Waals surface area contributed by atoms with Crippen LogP contribution >= 0.6 is 0 Å². The largest absolute Gasteiger partial charge is 0.458 e. The zero-order valence-corrected chi connectivity index (χ0v) is 30.8. The van der Waals surface area contributed by atoms with Crippen LogP contribution in [0.1, 0.15) is 96.4 Å². The van der Waals surface area contributed by atoms with Gasteiger partial charge < -0.3 is 30.9 Å². The maximum atomic E-state index is 14.3. The van der Waals surface area contributed by atoms with Gasteiger partial charge in [-0.15, -0.1) is 6.58 Å². The van der Waals surface area contributed by atoms with Crippen molar-refractivity contribution < 1.29 is 33.5 Å². The van der Waals surface area contributed by atoms with Crippen LogP contribution in [-0.4, -0.2) is 83.3 Å². The minimum Gasteiger partial charge on any atom is -0.458 e. The molecule has 6 atom stereocenters. The molecule has 0 aromatic heterocycles. The Kier molecular flexibility index (Phi) is 12.1. The summed E-state index contributed by atoms with van der Waals surface area (Å²) in [6, 6.07) is -4.76. The maximum absolute atomic E-state index is 14.3. The van der Waals surface area contributed by atoms with Crippen LogP contribution in [0.5, 0.6) is 0 Å². The minimum absolute atomic E-state index is 0.00605. The number of nitrogens with zero attached hydrogens (tertiary/aromatic N) is 1. The molecule has 47 heavy (non-hydrogen) atoms. The van der Waals surface area contributed by atoms with Gasteiger partial charge in [-0.3, -0.25) is 19.2 Å². The molecule has 4 N–H and O–H groups in total. The molecular formula is C35H59N5O7. The van der Waals surface area contributed by atoms with Crippen molar-refractivity contribution >= 4 is 35.5 Å². The Labute approximate surface area is 280 Å². The molecular weight excluding hydrogens is 602 g/mol. The number of piperidine rings is 1. The maximum Gasteiger partial charge on any atom is 0.329 e. The number of rotatable bonds is 12. The van der Waals surface area contributed by atoms with Crippen LogP contribution in [0, 0.1) is 34.0 Å². The van der Waals surface area contributed by atoms with E-state index in [0.29, 0.717) is 6.54 Å². The summed E-state index contributed by atoms with van der Waals surface area (Å²) in [6.45, 7) is 27.9. The van der Waals surface area contributed by atoms with E-state index in [1.807, 2.05) is 27.7 Å². The third-order valence-electron chi connectivity index (χ3n) is 8.90. The smallest absolute Gasteiger partial charge is 0.329 e. The number of likely N-dealkylation sites (tertiary alicyclic amines) is 1. The summed E-state index contributed by atoms with van der Waals surface area (Å²) in [6.07, 6.45) is 1.70. The Balaban J connectivity index is 2.36. The molecule has 1 aliphatic carbocycles. The number of hydrogen-bond donors (Lipinski definition) is 4. The summed E-state index contributed by atoms with van der Waals surface area (Å²) in [5.74, 6) is -3.26. The molecule has 1 heterocycles. The molecule has 2 rings (SSSR count). The highest BCUT2D eigenvalue weighted by atomic mass is 16.6. The summed E-state index contributed by atoms with van der Waals surface area (Å²) in [4.78, 5) is 81.9. The van der Waals surface area contributed by atoms with Crippen LogP contribution in [0.25, 0.3) is 0 Å². The second kappa shape index (κ2) is 14.4. The molecule has 0 radical (unpaired) electrons. The van der Waals surface area contributed by atoms with Gasteiger partial charge in [0.05, 0.1) is 6.04 Å². The molecule has 1 unspecified atom stereocenters. The predicted molar refractivity (Wildman–Crippen MR) is 180 cm³/mol. The number of esters is 1. The summed E-state index contributed by atoms with van der Waals surface area (Å²) in [5, 5.41) is 10.8. The van der Waals surface area contributed by atoms with E-state index in [1.165, 1.54) is 11.0 Å². The average molecular weight is 662 g/mol. The summed E-state index contributed by atoms with van der Waals surface area (Å²) in [5.41, 5.74) is -2.46. The topological polar surface area (TPSA) is 163 Å². The lowest BCUT2D eigenvalue weighted by molar-refractivity contribution is -0.160. The van der Waals surface area contributed by atoms with Crippen LogP contribution < -0.4 is 21.3 Å². The van der Waals surface area contributed by atoms with E-state index in [0.717, 1.165) is 0 Å². The molecule has 0 aromatic rings. The fraction of sp³-hybridized carbons (Fsp3) is 0.771. The van der Waals surface area contributed by atoms with Crippen molar-refractivity contribution in [3.8, 4) is 0 Å². The summed E-state index contributed by atoms with van der Waals surface area (Å²) < 4.78 is 5.56. The fourth-order valence-corrected chi connectivity index (χ4v) is 6.29. The van der Waals surface area contributed by atoms with E-state index < -0.39 is 76.1 Å². The first-order valence-corrected chi connectivity index (χ1v) is 16.6. The number of fused-ring (bicyclic) bond motifs is 1. The van der Waals surface area contributed by atoms with Gasteiger partial charge in [0.15, 0.2) is 0 Å². The monoisotopic (exact) mass is 661 g/mol. The highest BCUT2D eigenvalue weighted by Gasteiger charge is 2.70. The zero-order valence-electron chi connectivity index (χ0n) is 30.8. The quantitative estimate of drug-likeness (QED) is 0.142. The molecule has 12 heteroatoms. The number of nitrogens with one attached hydrogen (secondary N) is 4. The van der Waals surface area contributed by atoms with E-state index in [4.69, 9.17) is 4.74 Å². The number of amides is 5. The number of carbonyl (C=O) groups excluding carboxylic acids is 6. The third-order valence-corrected chi connectivity index (χ3v) is 8.90. The number of hydrogen-bond acceptors (Lipinski definition) is 7. The molecule has 2 aliphatic rings. The van der Waals surface area contributed by atoms with Crippen molar-refractivity contribution in [2.24, 2.45) is 34.0 Å². The first-order chi connectivity index (χ1) is 21.2. The van der Waals surface area contributed by atoms with Crippen molar-refractivity contribution in [1.82, 2.24) is 26.2 Å². The van der Waals surface area contributed by atoms with Gasteiger partial charge in [0.2, 0.25) is 17.6 Å². The average Bonchev–Trinajstić information content (AvgIpc) is 3.22. The lowest BCUT2D eigenvalue weighted by Crippen LogP contribution is -2.63. The van der Waals surface area contributed by atoms with E-state index in [-0.39, 0.29) is 36.1 Å². The van der Waals surface area contributed by atoms with Gasteiger partial charge in [-0.25, -0.2) is 9.59 Å². The van der Waals surface area contributed by atoms with E-state index in [2.05, 4.69) is 27.8 Å². The number of ether oxygens (including phenoxy) is 1. The van der Waals surface area contributed by atoms with Crippen molar-refractivity contribution in [3.63, 3.8) is 0 Å². The normalized spacial score (nSPS) is 22.3. The number of carbonyl (C=O) groups is 6. The highest BCUT2D eigenvalue weighted by Crippen LogP contribution is 2.65. The van der Waals surface area contributed by atoms with Crippen molar-refractivity contribution in [3.05, 3.63) is 12.7 Å². The lowest BCUT2D eigenvalue weighted by atomic mass is 9.85. The second-order valence-corrected chi connectivity index (χ2v) is 17.2. The molecule has 1 aliphatic heterocycles. The first-order valence-electron chi connectivity index (χ1n) is 16.6. The first kappa shape index (κ1) is 39.7. The summed E-state index contributed by atoms with van der Waals surface area (Å²) in [7, 11) is 0. The molecule has 266 valence electrons. The van der Waals surface area contributed by atoms with Gasteiger partial charge >= 0.3 is 12.0 Å². The molecule has 5 amide bonds. The standard InChI is InChI=1S/C35H59N5O7/c1-15-16-36-28(43)24(41)21(17-19(2)3)37-27(42)23-22-20(35(22,13)14)18-40(23)29(44)25(32(4,5)6)38-31(46)39-26(33(7,8)9)30(45)47-34(10,11)12/h15,19-23,25-26H,1,16-18H2,2-14H3,(H,36,43)(H,37,42)(H2,38,39,46)/t20-,21?,22-,23-,25+,26+/m0/s1. The number of urea groups is 1. The predicted octanol–water partition coefficient (Wildman–Crippen LogP) is 3.34. The van der Waals surface area contributed by atoms with Crippen molar-refractivity contribution in [2.75, 3.05) is 13.1 Å². The van der Waals surface area contributed by atoms with Crippen LogP contribution in [-0.2, 0) is 28.7 Å². The van der Waals surface area contributed by atoms with Gasteiger partial charge in [-0.05, 0) is 61.2 Å². The van der Waals surface area contributed by atoms with Gasteiger partial charge in [0, 0.05) is 13.1 Å². The Morgan fingerprint density at radius 3 is 1.89 bits per heavy atom. The highest BCUT2D eigenvalue weighted by molar-refractivity contribution is 6.38. The van der Waals surface area contributed by atoms with Crippen LogP contribution in [0.4, 0.5) is 4.79 Å². The molecule has 0 bridgehead atoms. The Morgan fingerprint density at radius 2 is 1.43 bits per heavy atom. The van der Waals surface area contributed by atoms with Crippen LogP contribution in [0.15, 0.2) is 12.7 Å². The van der Waals surface area contributed by atoms with Gasteiger partial charge in [0.25, 0.3) is 5.91 Å².